The second-order valence-electron chi connectivity index (χ2n) is 3.59. The van der Waals surface area contributed by atoms with Crippen molar-refractivity contribution >= 4 is 27.0 Å². The number of nitrogens with one attached hydrogen (secondary N) is 1. The van der Waals surface area contributed by atoms with Crippen molar-refractivity contribution in [1.29, 1.82) is 0 Å². The van der Waals surface area contributed by atoms with E-state index in [9.17, 15) is 4.39 Å². The summed E-state index contributed by atoms with van der Waals surface area (Å²) in [6, 6.07) is 8.05. The Labute approximate surface area is 105 Å². The van der Waals surface area contributed by atoms with Gasteiger partial charge in [0.1, 0.15) is 21.8 Å². The van der Waals surface area contributed by atoms with Crippen molar-refractivity contribution in [3.63, 3.8) is 0 Å². The molecule has 3 aromatic rings. The molecule has 5 heteroatoms. The second kappa shape index (κ2) is 3.92. The minimum atomic E-state index is -0.257. The van der Waals surface area contributed by atoms with E-state index in [4.69, 9.17) is 0 Å². The number of pyridine rings is 1. The lowest BCUT2D eigenvalue weighted by atomic mass is 10.2. The predicted octanol–water partition coefficient (Wildman–Crippen LogP) is 3.53. The fourth-order valence-corrected chi connectivity index (χ4v) is 2.07. The maximum atomic E-state index is 12.8. The van der Waals surface area contributed by atoms with E-state index >= 15 is 0 Å². The van der Waals surface area contributed by atoms with Crippen LogP contribution in [-0.4, -0.2) is 15.0 Å². The van der Waals surface area contributed by atoms with Crippen LogP contribution in [0.4, 0.5) is 4.39 Å². The molecule has 1 aromatic carbocycles. The first-order valence-corrected chi connectivity index (χ1v) is 5.79. The largest absolute Gasteiger partial charge is 0.338 e. The van der Waals surface area contributed by atoms with Crippen molar-refractivity contribution in [2.75, 3.05) is 0 Å². The number of hydrogen-bond acceptors (Lipinski definition) is 2. The van der Waals surface area contributed by atoms with Crippen LogP contribution in [0.3, 0.4) is 0 Å². The number of halogens is 2. The third kappa shape index (κ3) is 1.82. The topological polar surface area (TPSA) is 41.6 Å². The summed E-state index contributed by atoms with van der Waals surface area (Å²) in [5.74, 6) is 0.446. The van der Waals surface area contributed by atoms with Gasteiger partial charge in [0.2, 0.25) is 0 Å². The third-order valence-electron chi connectivity index (χ3n) is 2.47. The highest BCUT2D eigenvalue weighted by Crippen LogP contribution is 2.24. The zero-order chi connectivity index (χ0) is 11.8. The highest BCUT2D eigenvalue weighted by atomic mass is 79.9. The van der Waals surface area contributed by atoms with E-state index < -0.39 is 0 Å². The second-order valence-corrected chi connectivity index (χ2v) is 4.34. The first-order valence-electron chi connectivity index (χ1n) is 5.00. The fourth-order valence-electron chi connectivity index (χ4n) is 1.65. The smallest absolute Gasteiger partial charge is 0.138 e. The average molecular weight is 292 g/mol. The van der Waals surface area contributed by atoms with E-state index in [1.54, 1.807) is 18.3 Å². The molecule has 0 amide bonds. The molecule has 17 heavy (non-hydrogen) atoms. The molecule has 0 unspecified atom stereocenters. The van der Waals surface area contributed by atoms with Crippen LogP contribution in [0.15, 0.2) is 41.1 Å². The van der Waals surface area contributed by atoms with Crippen molar-refractivity contribution in [2.45, 2.75) is 0 Å². The molecule has 0 aliphatic heterocycles. The van der Waals surface area contributed by atoms with Gasteiger partial charge in [0, 0.05) is 11.8 Å². The molecule has 0 aliphatic rings. The van der Waals surface area contributed by atoms with Gasteiger partial charge in [0.15, 0.2) is 0 Å². The summed E-state index contributed by atoms with van der Waals surface area (Å²) in [7, 11) is 0. The van der Waals surface area contributed by atoms with Crippen molar-refractivity contribution in [3.8, 4) is 11.4 Å². The molecule has 0 aliphatic carbocycles. The Morgan fingerprint density at radius 2 is 1.88 bits per heavy atom. The van der Waals surface area contributed by atoms with Crippen LogP contribution in [0.2, 0.25) is 0 Å². The van der Waals surface area contributed by atoms with Gasteiger partial charge in [-0.1, -0.05) is 0 Å². The molecule has 2 heterocycles. The van der Waals surface area contributed by atoms with Crippen LogP contribution in [0.1, 0.15) is 0 Å². The SMILES string of the molecule is Fc1ccc(-c2nc3c(Br)nccc3[nH]2)cc1. The van der Waals surface area contributed by atoms with Crippen molar-refractivity contribution in [2.24, 2.45) is 0 Å². The zero-order valence-electron chi connectivity index (χ0n) is 8.61. The number of fused-ring (bicyclic) bond motifs is 1. The number of aromatic amines is 1. The van der Waals surface area contributed by atoms with Gasteiger partial charge in [-0.2, -0.15) is 0 Å². The van der Waals surface area contributed by atoms with E-state index in [-0.39, 0.29) is 5.82 Å². The number of rotatable bonds is 1. The van der Waals surface area contributed by atoms with Crippen molar-refractivity contribution < 1.29 is 4.39 Å². The lowest BCUT2D eigenvalue weighted by Gasteiger charge is -1.94. The maximum Gasteiger partial charge on any atom is 0.138 e. The average Bonchev–Trinajstić information content (AvgIpc) is 2.75. The fraction of sp³-hybridized carbons (Fsp3) is 0. The lowest BCUT2D eigenvalue weighted by molar-refractivity contribution is 0.628. The molecule has 0 fully saturated rings. The van der Waals surface area contributed by atoms with E-state index in [0.717, 1.165) is 16.6 Å². The van der Waals surface area contributed by atoms with Crippen LogP contribution >= 0.6 is 15.9 Å². The summed E-state index contributed by atoms with van der Waals surface area (Å²) in [6.45, 7) is 0. The molecular weight excluding hydrogens is 285 g/mol. The Morgan fingerprint density at radius 3 is 2.59 bits per heavy atom. The van der Waals surface area contributed by atoms with Gasteiger partial charge in [0.05, 0.1) is 5.52 Å². The number of hydrogen-bond donors (Lipinski definition) is 1. The van der Waals surface area contributed by atoms with E-state index in [0.29, 0.717) is 10.4 Å². The molecule has 0 radical (unpaired) electrons. The van der Waals surface area contributed by atoms with Crippen LogP contribution in [-0.2, 0) is 0 Å². The Hall–Kier alpha value is -1.75. The molecule has 0 spiro atoms. The molecule has 1 N–H and O–H groups in total. The van der Waals surface area contributed by atoms with E-state index in [2.05, 4.69) is 30.9 Å². The van der Waals surface area contributed by atoms with Gasteiger partial charge in [-0.3, -0.25) is 0 Å². The summed E-state index contributed by atoms with van der Waals surface area (Å²) >= 11 is 3.34. The summed E-state index contributed by atoms with van der Waals surface area (Å²) in [4.78, 5) is 11.7. The molecule has 0 bridgehead atoms. The summed E-state index contributed by atoms with van der Waals surface area (Å²) in [5.41, 5.74) is 2.51. The monoisotopic (exact) mass is 291 g/mol. The van der Waals surface area contributed by atoms with Crippen molar-refractivity contribution in [3.05, 3.63) is 46.9 Å². The van der Waals surface area contributed by atoms with Gasteiger partial charge in [-0.15, -0.1) is 0 Å². The van der Waals surface area contributed by atoms with Gasteiger partial charge in [-0.25, -0.2) is 14.4 Å². The van der Waals surface area contributed by atoms with Crippen LogP contribution in [0, 0.1) is 5.82 Å². The van der Waals surface area contributed by atoms with E-state index in [1.807, 2.05) is 6.07 Å². The van der Waals surface area contributed by atoms with Gasteiger partial charge in [-0.05, 0) is 46.3 Å². The van der Waals surface area contributed by atoms with E-state index in [1.165, 1.54) is 12.1 Å². The normalized spacial score (nSPS) is 10.9. The summed E-state index contributed by atoms with van der Waals surface area (Å²) in [6.07, 6.45) is 1.69. The number of imidazole rings is 1. The standard InChI is InChI=1S/C12H7BrFN3/c13-11-10-9(5-6-15-11)16-12(17-10)7-1-3-8(14)4-2-7/h1-6H,(H,16,17). The zero-order valence-corrected chi connectivity index (χ0v) is 10.2. The number of nitrogens with zero attached hydrogens (tertiary/aromatic N) is 2. The molecule has 0 saturated carbocycles. The minimum absolute atomic E-state index is 0.257. The quantitative estimate of drug-likeness (QED) is 0.697. The Kier molecular flexibility index (Phi) is 2.40. The summed E-state index contributed by atoms with van der Waals surface area (Å²) < 4.78 is 13.5. The number of H-pyrrole nitrogens is 1. The van der Waals surface area contributed by atoms with Crippen LogP contribution < -0.4 is 0 Å². The lowest BCUT2D eigenvalue weighted by Crippen LogP contribution is -1.80. The molecule has 0 atom stereocenters. The molecular formula is C12H7BrFN3. The first-order chi connectivity index (χ1) is 8.24. The van der Waals surface area contributed by atoms with Gasteiger partial charge in [0.25, 0.3) is 0 Å². The van der Waals surface area contributed by atoms with Crippen LogP contribution in [0.25, 0.3) is 22.4 Å². The molecule has 84 valence electrons. The highest BCUT2D eigenvalue weighted by Gasteiger charge is 2.08. The minimum Gasteiger partial charge on any atom is -0.338 e. The Bertz CT molecular complexity index is 676. The predicted molar refractivity (Wildman–Crippen MR) is 67.0 cm³/mol. The van der Waals surface area contributed by atoms with Crippen molar-refractivity contribution in [1.82, 2.24) is 15.0 Å². The number of aromatic nitrogens is 3. The molecule has 3 nitrogen and oxygen atoms in total. The Morgan fingerprint density at radius 1 is 1.12 bits per heavy atom. The van der Waals surface area contributed by atoms with Gasteiger partial charge >= 0.3 is 0 Å². The first kappa shape index (κ1) is 10.4. The summed E-state index contributed by atoms with van der Waals surface area (Å²) in [5, 5.41) is 0. The molecule has 0 saturated heterocycles. The van der Waals surface area contributed by atoms with Crippen LogP contribution in [0.5, 0.6) is 0 Å². The molecule has 3 rings (SSSR count). The maximum absolute atomic E-state index is 12.8. The number of benzene rings is 1. The third-order valence-corrected chi connectivity index (χ3v) is 3.05. The molecule has 2 aromatic heterocycles. The highest BCUT2D eigenvalue weighted by molar-refractivity contribution is 9.10. The van der Waals surface area contributed by atoms with Gasteiger partial charge < -0.3 is 4.98 Å². The Balaban J connectivity index is 2.18.